The number of ether oxygens (including phenoxy) is 1. The minimum atomic E-state index is -0.00664. The summed E-state index contributed by atoms with van der Waals surface area (Å²) in [6.07, 6.45) is 3.22. The maximum atomic E-state index is 11.8. The number of allylic oxidation sites excluding steroid dienone is 1. The van der Waals surface area contributed by atoms with Crippen molar-refractivity contribution >= 4 is 5.78 Å². The molecule has 2 aromatic carbocycles. The molecule has 0 atom stereocenters. The number of methoxy groups -OCH3 is 1. The van der Waals surface area contributed by atoms with Gasteiger partial charge in [0, 0.05) is 24.4 Å². The average molecular weight is 267 g/mol. The molecule has 0 saturated heterocycles. The van der Waals surface area contributed by atoms with Crippen LogP contribution in [0.2, 0.25) is 0 Å². The van der Waals surface area contributed by atoms with Crippen LogP contribution in [0, 0.1) is 0 Å². The Hall–Kier alpha value is -2.55. The first-order valence-corrected chi connectivity index (χ1v) is 6.42. The van der Waals surface area contributed by atoms with Gasteiger partial charge < -0.3 is 10.1 Å². The summed E-state index contributed by atoms with van der Waals surface area (Å²) in [6, 6.07) is 17.0. The summed E-state index contributed by atoms with van der Waals surface area (Å²) in [7, 11) is 1.64. The van der Waals surface area contributed by atoms with Crippen molar-refractivity contribution in [2.45, 2.75) is 6.54 Å². The molecule has 0 spiro atoms. The lowest BCUT2D eigenvalue weighted by Gasteiger charge is -2.03. The third-order valence-electron chi connectivity index (χ3n) is 2.88. The van der Waals surface area contributed by atoms with E-state index < -0.39 is 0 Å². The van der Waals surface area contributed by atoms with Crippen molar-refractivity contribution in [2.24, 2.45) is 0 Å². The molecule has 0 aliphatic heterocycles. The Morgan fingerprint density at radius 1 is 1.10 bits per heavy atom. The Morgan fingerprint density at radius 3 is 2.45 bits per heavy atom. The van der Waals surface area contributed by atoms with Gasteiger partial charge in [0.1, 0.15) is 5.75 Å². The Morgan fingerprint density at radius 2 is 1.80 bits per heavy atom. The van der Waals surface area contributed by atoms with Crippen LogP contribution in [0.15, 0.2) is 66.9 Å². The highest BCUT2D eigenvalue weighted by atomic mass is 16.5. The lowest BCUT2D eigenvalue weighted by molar-refractivity contribution is 0.104. The fraction of sp³-hybridized carbons (Fsp3) is 0.118. The normalized spacial score (nSPS) is 10.4. The molecule has 3 nitrogen and oxygen atoms in total. The molecule has 0 heterocycles. The first-order chi connectivity index (χ1) is 9.79. The van der Waals surface area contributed by atoms with Gasteiger partial charge in [-0.3, -0.25) is 4.79 Å². The van der Waals surface area contributed by atoms with E-state index in [0.717, 1.165) is 11.3 Å². The zero-order valence-electron chi connectivity index (χ0n) is 11.4. The summed E-state index contributed by atoms with van der Waals surface area (Å²) in [6.45, 7) is 0.669. The summed E-state index contributed by atoms with van der Waals surface area (Å²) in [5.74, 6) is 0.830. The lowest BCUT2D eigenvalue weighted by Crippen LogP contribution is -2.05. The molecule has 0 aromatic heterocycles. The molecule has 3 heteroatoms. The number of nitrogens with one attached hydrogen (secondary N) is 1. The second kappa shape index (κ2) is 7.14. The van der Waals surface area contributed by atoms with Crippen LogP contribution in [0.4, 0.5) is 0 Å². The molecule has 2 aromatic rings. The smallest absolute Gasteiger partial charge is 0.187 e. The van der Waals surface area contributed by atoms with Gasteiger partial charge in [0.2, 0.25) is 0 Å². The van der Waals surface area contributed by atoms with Gasteiger partial charge >= 0.3 is 0 Å². The summed E-state index contributed by atoms with van der Waals surface area (Å²) < 4.78 is 5.10. The molecule has 0 radical (unpaired) electrons. The number of benzene rings is 2. The van der Waals surface area contributed by atoms with E-state index in [4.69, 9.17) is 4.74 Å². The molecular formula is C17H17NO2. The molecule has 0 aliphatic carbocycles. The molecule has 2 rings (SSSR count). The standard InChI is InChI=1S/C17H17NO2/c1-20-16-9-7-14(8-10-16)13-18-12-11-17(19)15-5-3-2-4-6-15/h2-12,18H,13H2,1H3/b12-11-. The number of hydrogen-bond donors (Lipinski definition) is 1. The second-order valence-corrected chi connectivity index (χ2v) is 4.29. The van der Waals surface area contributed by atoms with Crippen LogP contribution >= 0.6 is 0 Å². The van der Waals surface area contributed by atoms with Crippen molar-refractivity contribution in [3.63, 3.8) is 0 Å². The largest absolute Gasteiger partial charge is 0.497 e. The van der Waals surface area contributed by atoms with Crippen molar-refractivity contribution < 1.29 is 9.53 Å². The van der Waals surface area contributed by atoms with E-state index in [2.05, 4.69) is 5.32 Å². The van der Waals surface area contributed by atoms with Crippen LogP contribution in [0.3, 0.4) is 0 Å². The average Bonchev–Trinajstić information content (AvgIpc) is 2.53. The molecule has 0 unspecified atom stereocenters. The third-order valence-corrected chi connectivity index (χ3v) is 2.88. The minimum absolute atomic E-state index is 0.00664. The molecule has 0 saturated carbocycles. The summed E-state index contributed by atoms with van der Waals surface area (Å²) in [5, 5.41) is 3.10. The van der Waals surface area contributed by atoms with Crippen LogP contribution in [-0.4, -0.2) is 12.9 Å². The van der Waals surface area contributed by atoms with Gasteiger partial charge in [-0.25, -0.2) is 0 Å². The van der Waals surface area contributed by atoms with Crippen molar-refractivity contribution in [1.82, 2.24) is 5.32 Å². The molecule has 20 heavy (non-hydrogen) atoms. The van der Waals surface area contributed by atoms with Crippen LogP contribution in [0.1, 0.15) is 15.9 Å². The summed E-state index contributed by atoms with van der Waals surface area (Å²) in [4.78, 5) is 11.8. The van der Waals surface area contributed by atoms with Gasteiger partial charge in [-0.05, 0) is 17.7 Å². The Labute approximate surface area is 118 Å². The zero-order chi connectivity index (χ0) is 14.2. The minimum Gasteiger partial charge on any atom is -0.497 e. The van der Waals surface area contributed by atoms with Gasteiger partial charge in [-0.1, -0.05) is 42.5 Å². The molecule has 0 amide bonds. The van der Waals surface area contributed by atoms with E-state index in [1.807, 2.05) is 42.5 Å². The van der Waals surface area contributed by atoms with Crippen LogP contribution in [0.25, 0.3) is 0 Å². The number of ketones is 1. The fourth-order valence-corrected chi connectivity index (χ4v) is 1.75. The van der Waals surface area contributed by atoms with E-state index >= 15 is 0 Å². The maximum absolute atomic E-state index is 11.8. The van der Waals surface area contributed by atoms with E-state index in [0.29, 0.717) is 12.1 Å². The van der Waals surface area contributed by atoms with Gasteiger partial charge in [0.15, 0.2) is 5.78 Å². The maximum Gasteiger partial charge on any atom is 0.187 e. The molecular weight excluding hydrogens is 250 g/mol. The van der Waals surface area contributed by atoms with Crippen molar-refractivity contribution in [3.05, 3.63) is 78.0 Å². The van der Waals surface area contributed by atoms with E-state index in [9.17, 15) is 4.79 Å². The molecule has 0 aliphatic rings. The quantitative estimate of drug-likeness (QED) is 0.645. The SMILES string of the molecule is COc1ccc(CN/C=C\C(=O)c2ccccc2)cc1. The zero-order valence-corrected chi connectivity index (χ0v) is 11.4. The van der Waals surface area contributed by atoms with Gasteiger partial charge in [-0.2, -0.15) is 0 Å². The lowest BCUT2D eigenvalue weighted by atomic mass is 10.1. The highest BCUT2D eigenvalue weighted by Gasteiger charge is 1.98. The van der Waals surface area contributed by atoms with Crippen LogP contribution in [0.5, 0.6) is 5.75 Å². The first-order valence-electron chi connectivity index (χ1n) is 6.42. The predicted octanol–water partition coefficient (Wildman–Crippen LogP) is 3.18. The number of carbonyl (C=O) groups is 1. The van der Waals surface area contributed by atoms with Crippen LogP contribution in [-0.2, 0) is 6.54 Å². The molecule has 102 valence electrons. The Kier molecular flexibility index (Phi) is 4.95. The van der Waals surface area contributed by atoms with Gasteiger partial charge in [-0.15, -0.1) is 0 Å². The Bertz CT molecular complexity index is 574. The number of rotatable bonds is 6. The van der Waals surface area contributed by atoms with E-state index in [1.54, 1.807) is 31.5 Å². The first kappa shape index (κ1) is 13.9. The Balaban J connectivity index is 1.83. The highest BCUT2D eigenvalue weighted by molar-refractivity contribution is 6.04. The van der Waals surface area contributed by atoms with Crippen LogP contribution < -0.4 is 10.1 Å². The van der Waals surface area contributed by atoms with E-state index in [1.165, 1.54) is 0 Å². The molecule has 0 fully saturated rings. The molecule has 0 bridgehead atoms. The highest BCUT2D eigenvalue weighted by Crippen LogP contribution is 2.10. The topological polar surface area (TPSA) is 38.3 Å². The van der Waals surface area contributed by atoms with Crippen molar-refractivity contribution in [2.75, 3.05) is 7.11 Å². The van der Waals surface area contributed by atoms with E-state index in [-0.39, 0.29) is 5.78 Å². The predicted molar refractivity (Wildman–Crippen MR) is 79.7 cm³/mol. The summed E-state index contributed by atoms with van der Waals surface area (Å²) in [5.41, 5.74) is 1.82. The van der Waals surface area contributed by atoms with Gasteiger partial charge in [0.25, 0.3) is 0 Å². The van der Waals surface area contributed by atoms with Crippen molar-refractivity contribution in [1.29, 1.82) is 0 Å². The number of carbonyl (C=O) groups excluding carboxylic acids is 1. The fourth-order valence-electron chi connectivity index (χ4n) is 1.75. The van der Waals surface area contributed by atoms with Gasteiger partial charge in [0.05, 0.1) is 7.11 Å². The summed E-state index contributed by atoms with van der Waals surface area (Å²) >= 11 is 0. The second-order valence-electron chi connectivity index (χ2n) is 4.29. The third kappa shape index (κ3) is 3.99. The van der Waals surface area contributed by atoms with Crippen molar-refractivity contribution in [3.8, 4) is 5.75 Å². The molecule has 1 N–H and O–H groups in total. The monoisotopic (exact) mass is 267 g/mol. The number of hydrogen-bond acceptors (Lipinski definition) is 3.